The second kappa shape index (κ2) is 11.0. The largest absolute Gasteiger partial charge is 0.449 e. The minimum absolute atomic E-state index is 0.0560. The standard InChI is InChI=1S/C24H19F4N5O4/c25-16-3-1-4-17(26)15(16)12-20(24(36)30-21-7-8-32(31-21)9-10-34)33-22(35)11-14(13-29-33)37-23-18(27)5-2-6-19(23)28/h1-8,11,13,20,34H,9-10,12H2,(H,30,31,36). The Morgan fingerprint density at radius 2 is 1.68 bits per heavy atom. The molecule has 1 atom stereocenters. The predicted molar refractivity (Wildman–Crippen MR) is 122 cm³/mol. The van der Waals surface area contributed by atoms with Gasteiger partial charge < -0.3 is 15.2 Å². The summed E-state index contributed by atoms with van der Waals surface area (Å²) in [5.41, 5.74) is -1.41. The maximum Gasteiger partial charge on any atom is 0.271 e. The van der Waals surface area contributed by atoms with Gasteiger partial charge in [0.1, 0.15) is 17.7 Å². The Hall–Kier alpha value is -4.52. The molecule has 13 heteroatoms. The summed E-state index contributed by atoms with van der Waals surface area (Å²) in [5, 5.41) is 19.4. The van der Waals surface area contributed by atoms with Crippen molar-refractivity contribution in [1.82, 2.24) is 19.6 Å². The summed E-state index contributed by atoms with van der Waals surface area (Å²) in [6, 6.07) is 6.88. The molecule has 0 aliphatic rings. The lowest BCUT2D eigenvalue weighted by Crippen LogP contribution is -2.36. The third kappa shape index (κ3) is 5.83. The molecule has 37 heavy (non-hydrogen) atoms. The molecule has 0 spiro atoms. The van der Waals surface area contributed by atoms with Crippen LogP contribution in [-0.2, 0) is 17.8 Å². The first-order valence-electron chi connectivity index (χ1n) is 10.9. The van der Waals surface area contributed by atoms with Gasteiger partial charge in [-0.3, -0.25) is 14.3 Å². The smallest absolute Gasteiger partial charge is 0.271 e. The molecule has 9 nitrogen and oxygen atoms in total. The lowest BCUT2D eigenvalue weighted by Gasteiger charge is -2.19. The van der Waals surface area contributed by atoms with Crippen molar-refractivity contribution in [2.45, 2.75) is 19.0 Å². The summed E-state index contributed by atoms with van der Waals surface area (Å²) < 4.78 is 63.7. The average molecular weight is 517 g/mol. The highest BCUT2D eigenvalue weighted by Gasteiger charge is 2.27. The number of benzene rings is 2. The van der Waals surface area contributed by atoms with Crippen molar-refractivity contribution in [3.05, 3.63) is 100 Å². The van der Waals surface area contributed by atoms with Gasteiger partial charge in [-0.2, -0.15) is 10.2 Å². The van der Waals surface area contributed by atoms with Crippen molar-refractivity contribution in [2.75, 3.05) is 11.9 Å². The number of ether oxygens (including phenoxy) is 1. The number of nitrogens with zero attached hydrogens (tertiary/aromatic N) is 4. The monoisotopic (exact) mass is 517 g/mol. The van der Waals surface area contributed by atoms with E-state index >= 15 is 0 Å². The molecule has 2 heterocycles. The van der Waals surface area contributed by atoms with Crippen LogP contribution in [-0.4, -0.2) is 37.2 Å². The number of halogens is 4. The van der Waals surface area contributed by atoms with E-state index in [0.29, 0.717) is 4.68 Å². The summed E-state index contributed by atoms with van der Waals surface area (Å²) in [4.78, 5) is 26.0. The molecule has 2 aromatic carbocycles. The Morgan fingerprint density at radius 1 is 1.03 bits per heavy atom. The lowest BCUT2D eigenvalue weighted by atomic mass is 10.0. The van der Waals surface area contributed by atoms with E-state index in [2.05, 4.69) is 15.5 Å². The lowest BCUT2D eigenvalue weighted by molar-refractivity contribution is -0.119. The Labute approximate surface area is 206 Å². The molecular weight excluding hydrogens is 498 g/mol. The molecule has 0 fully saturated rings. The van der Waals surface area contributed by atoms with Gasteiger partial charge in [0.25, 0.3) is 11.5 Å². The van der Waals surface area contributed by atoms with Crippen LogP contribution in [0.2, 0.25) is 0 Å². The summed E-state index contributed by atoms with van der Waals surface area (Å²) in [6.07, 6.45) is 1.81. The molecule has 2 N–H and O–H groups in total. The fourth-order valence-electron chi connectivity index (χ4n) is 3.46. The number of hydrogen-bond acceptors (Lipinski definition) is 6. The van der Waals surface area contributed by atoms with E-state index in [4.69, 9.17) is 9.84 Å². The predicted octanol–water partition coefficient (Wildman–Crippen LogP) is 3.20. The van der Waals surface area contributed by atoms with Crippen molar-refractivity contribution in [3.63, 3.8) is 0 Å². The van der Waals surface area contributed by atoms with Crippen molar-refractivity contribution in [1.29, 1.82) is 0 Å². The number of nitrogens with one attached hydrogen (secondary N) is 1. The molecule has 0 aliphatic heterocycles. The number of amides is 1. The number of aliphatic hydroxyl groups is 1. The first-order valence-corrected chi connectivity index (χ1v) is 10.9. The van der Waals surface area contributed by atoms with Crippen LogP contribution >= 0.6 is 0 Å². The van der Waals surface area contributed by atoms with Crippen molar-refractivity contribution < 1.29 is 32.2 Å². The third-order valence-electron chi connectivity index (χ3n) is 5.22. The molecule has 0 saturated carbocycles. The van der Waals surface area contributed by atoms with Crippen molar-refractivity contribution in [2.24, 2.45) is 0 Å². The SMILES string of the molecule is O=C(Nc1ccn(CCO)n1)C(Cc1c(F)cccc1F)n1ncc(Oc2c(F)cccc2F)cc1=O. The van der Waals surface area contributed by atoms with Gasteiger partial charge in [0.2, 0.25) is 0 Å². The minimum atomic E-state index is -1.55. The average Bonchev–Trinajstić information content (AvgIpc) is 3.29. The van der Waals surface area contributed by atoms with Gasteiger partial charge in [0, 0.05) is 30.3 Å². The molecular formula is C24H19F4N5O4. The Balaban J connectivity index is 1.67. The fraction of sp³-hybridized carbons (Fsp3) is 0.167. The molecule has 0 aliphatic carbocycles. The molecule has 0 saturated heterocycles. The number of rotatable bonds is 9. The number of carbonyl (C=O) groups is 1. The van der Waals surface area contributed by atoms with Crippen LogP contribution in [0.5, 0.6) is 11.5 Å². The van der Waals surface area contributed by atoms with E-state index in [1.165, 1.54) is 16.9 Å². The van der Waals surface area contributed by atoms with Gasteiger partial charge in [-0.15, -0.1) is 0 Å². The zero-order chi connectivity index (χ0) is 26.5. The van der Waals surface area contributed by atoms with Crippen LogP contribution < -0.4 is 15.6 Å². The van der Waals surface area contributed by atoms with Crippen LogP contribution in [0.1, 0.15) is 11.6 Å². The molecule has 1 amide bonds. The molecule has 4 rings (SSSR count). The second-order valence-electron chi connectivity index (χ2n) is 7.72. The van der Waals surface area contributed by atoms with E-state index in [0.717, 1.165) is 48.7 Å². The molecule has 1 unspecified atom stereocenters. The number of aliphatic hydroxyl groups excluding tert-OH is 1. The number of aromatic nitrogens is 4. The number of para-hydroxylation sites is 1. The normalized spacial score (nSPS) is 11.8. The van der Waals surface area contributed by atoms with Crippen LogP contribution in [0.4, 0.5) is 23.4 Å². The van der Waals surface area contributed by atoms with Gasteiger partial charge in [-0.25, -0.2) is 22.2 Å². The number of anilines is 1. The summed E-state index contributed by atoms with van der Waals surface area (Å²) in [7, 11) is 0. The second-order valence-corrected chi connectivity index (χ2v) is 7.72. The van der Waals surface area contributed by atoms with Gasteiger partial charge in [-0.1, -0.05) is 12.1 Å². The Bertz CT molecular complexity index is 1450. The highest BCUT2D eigenvalue weighted by atomic mass is 19.1. The summed E-state index contributed by atoms with van der Waals surface area (Å²) in [6.45, 7) is -0.0421. The molecule has 2 aromatic heterocycles. The topological polar surface area (TPSA) is 111 Å². The van der Waals surface area contributed by atoms with Crippen molar-refractivity contribution in [3.8, 4) is 11.5 Å². The maximum atomic E-state index is 14.4. The fourth-order valence-corrected chi connectivity index (χ4v) is 3.46. The van der Waals surface area contributed by atoms with Crippen LogP contribution in [0, 0.1) is 23.3 Å². The van der Waals surface area contributed by atoms with Crippen LogP contribution in [0.3, 0.4) is 0 Å². The molecule has 192 valence electrons. The summed E-state index contributed by atoms with van der Waals surface area (Å²) in [5.74, 6) is -5.82. The first kappa shape index (κ1) is 25.6. The van der Waals surface area contributed by atoms with E-state index in [1.807, 2.05) is 0 Å². The van der Waals surface area contributed by atoms with Crippen molar-refractivity contribution >= 4 is 11.7 Å². The zero-order valence-corrected chi connectivity index (χ0v) is 18.9. The van der Waals surface area contributed by atoms with Gasteiger partial charge in [-0.05, 0) is 24.3 Å². The Morgan fingerprint density at radius 3 is 2.30 bits per heavy atom. The van der Waals surface area contributed by atoms with Gasteiger partial charge in [0.05, 0.1) is 19.3 Å². The van der Waals surface area contributed by atoms with E-state index in [-0.39, 0.29) is 24.7 Å². The van der Waals surface area contributed by atoms with Gasteiger partial charge >= 0.3 is 0 Å². The van der Waals surface area contributed by atoms with Gasteiger partial charge in [0.15, 0.2) is 29.0 Å². The zero-order valence-electron chi connectivity index (χ0n) is 18.9. The summed E-state index contributed by atoms with van der Waals surface area (Å²) >= 11 is 0. The highest BCUT2D eigenvalue weighted by Crippen LogP contribution is 2.27. The quantitative estimate of drug-likeness (QED) is 0.330. The molecule has 4 aromatic rings. The molecule has 0 radical (unpaired) electrons. The number of hydrogen-bond donors (Lipinski definition) is 2. The van der Waals surface area contributed by atoms with E-state index in [1.54, 1.807) is 0 Å². The first-order chi connectivity index (χ1) is 17.8. The van der Waals surface area contributed by atoms with E-state index < -0.39 is 58.5 Å². The highest BCUT2D eigenvalue weighted by molar-refractivity contribution is 5.93. The minimum Gasteiger partial charge on any atom is -0.449 e. The Kier molecular flexibility index (Phi) is 7.63. The number of carbonyl (C=O) groups excluding carboxylic acids is 1. The van der Waals surface area contributed by atoms with Crippen LogP contribution in [0.25, 0.3) is 0 Å². The third-order valence-corrected chi connectivity index (χ3v) is 5.22. The maximum absolute atomic E-state index is 14.4. The van der Waals surface area contributed by atoms with Crippen LogP contribution in [0.15, 0.2) is 65.7 Å². The molecule has 0 bridgehead atoms. The van der Waals surface area contributed by atoms with E-state index in [9.17, 15) is 27.2 Å².